The first-order valence-electron chi connectivity index (χ1n) is 12.6. The maximum Gasteiger partial charge on any atom is 0.0371 e. The number of rotatable bonds is 3. The fourth-order valence-electron chi connectivity index (χ4n) is 8.02. The number of benzene rings is 1. The molecule has 0 heterocycles. The lowest BCUT2D eigenvalue weighted by atomic mass is 9.72. The molecule has 0 amide bonds. The van der Waals surface area contributed by atoms with Gasteiger partial charge in [-0.2, -0.15) is 0 Å². The molecule has 4 saturated carbocycles. The number of aryl methyl sites for hydroxylation is 1. The van der Waals surface area contributed by atoms with Gasteiger partial charge in [0.1, 0.15) is 0 Å². The van der Waals surface area contributed by atoms with Gasteiger partial charge in [-0.15, -0.1) is 0 Å². The molecule has 1 aromatic carbocycles. The van der Waals surface area contributed by atoms with Gasteiger partial charge in [0.15, 0.2) is 0 Å². The third-order valence-electron chi connectivity index (χ3n) is 9.24. The van der Waals surface area contributed by atoms with Crippen molar-refractivity contribution in [1.82, 2.24) is 0 Å². The fourth-order valence-corrected chi connectivity index (χ4v) is 9.76. The van der Waals surface area contributed by atoms with Crippen LogP contribution in [0, 0.1) is 42.4 Å². The molecule has 5 rings (SSSR count). The molecule has 10 unspecified atom stereocenters. The first kappa shape index (κ1) is 21.8. The van der Waals surface area contributed by atoms with E-state index in [1.54, 1.807) is 0 Å². The monoisotopic (exact) mass is 535 g/mol. The van der Waals surface area contributed by atoms with Crippen LogP contribution in [0.25, 0.3) is 0 Å². The number of hydrogen-bond acceptors (Lipinski definition) is 1. The smallest absolute Gasteiger partial charge is 0.0371 e. The van der Waals surface area contributed by atoms with E-state index in [0.29, 0.717) is 0 Å². The molecule has 0 aliphatic heterocycles. The highest BCUT2D eigenvalue weighted by atomic mass is 79.9. The van der Waals surface area contributed by atoms with Crippen LogP contribution in [0.3, 0.4) is 0 Å². The van der Waals surface area contributed by atoms with Crippen LogP contribution in [0.5, 0.6) is 0 Å². The first-order chi connectivity index (χ1) is 14.4. The Kier molecular flexibility index (Phi) is 6.35. The molecule has 0 saturated heterocycles. The van der Waals surface area contributed by atoms with Gasteiger partial charge >= 0.3 is 0 Å². The average molecular weight is 537 g/mol. The van der Waals surface area contributed by atoms with Crippen molar-refractivity contribution in [2.75, 3.05) is 4.90 Å². The van der Waals surface area contributed by atoms with E-state index in [4.69, 9.17) is 0 Å². The number of fused-ring (bicyclic) bond motifs is 2. The number of halogens is 2. The summed E-state index contributed by atoms with van der Waals surface area (Å²) in [6.07, 6.45) is 11.1. The van der Waals surface area contributed by atoms with Gasteiger partial charge in [-0.05, 0) is 106 Å². The van der Waals surface area contributed by atoms with E-state index in [1.807, 2.05) is 0 Å². The first-order valence-corrected chi connectivity index (χ1v) is 14.4. The van der Waals surface area contributed by atoms with Crippen LogP contribution in [-0.4, -0.2) is 21.7 Å². The van der Waals surface area contributed by atoms with Crippen molar-refractivity contribution in [2.45, 2.75) is 93.9 Å². The largest absolute Gasteiger partial charge is 0.365 e. The Morgan fingerprint density at radius 1 is 0.667 bits per heavy atom. The lowest BCUT2D eigenvalue weighted by molar-refractivity contribution is 0.180. The van der Waals surface area contributed by atoms with Gasteiger partial charge in [0.2, 0.25) is 0 Å². The zero-order valence-corrected chi connectivity index (χ0v) is 22.1. The van der Waals surface area contributed by atoms with Crippen molar-refractivity contribution in [1.29, 1.82) is 0 Å². The molecule has 166 valence electrons. The van der Waals surface area contributed by atoms with E-state index in [1.165, 1.54) is 62.6 Å². The Hall–Kier alpha value is -0.0200. The Balaban J connectivity index is 1.52. The molecule has 30 heavy (non-hydrogen) atoms. The average Bonchev–Trinajstić information content (AvgIpc) is 3.30. The van der Waals surface area contributed by atoms with E-state index >= 15 is 0 Å². The molecular formula is C27H39Br2N. The molecule has 0 spiro atoms. The highest BCUT2D eigenvalue weighted by Gasteiger charge is 2.51. The SMILES string of the molecule is Cc1ccc(N(C2CCC(Br)C3CC(C)CC32)C2CCC(Br)C3CC(C)CC32)cc1. The van der Waals surface area contributed by atoms with E-state index in [2.05, 4.69) is 81.8 Å². The zero-order valence-electron chi connectivity index (χ0n) is 18.9. The van der Waals surface area contributed by atoms with Gasteiger partial charge in [-0.3, -0.25) is 0 Å². The molecule has 3 heteroatoms. The van der Waals surface area contributed by atoms with Crippen LogP contribution < -0.4 is 4.90 Å². The van der Waals surface area contributed by atoms with Crippen LogP contribution >= 0.6 is 31.9 Å². The number of hydrogen-bond donors (Lipinski definition) is 0. The second-order valence-corrected chi connectivity index (χ2v) is 13.7. The maximum absolute atomic E-state index is 4.10. The quantitative estimate of drug-likeness (QED) is 0.354. The second-order valence-electron chi connectivity index (χ2n) is 11.4. The standard InChI is InChI=1S/C27H39Br2N/c1-16-4-6-19(7-5-16)30(26-10-8-24(28)20-12-17(2)14-22(20)26)27-11-9-25(29)21-13-18(3)15-23(21)27/h4-7,17-18,20-27H,8-15H2,1-3H3. The molecule has 0 radical (unpaired) electrons. The van der Waals surface area contributed by atoms with Crippen molar-refractivity contribution in [3.63, 3.8) is 0 Å². The van der Waals surface area contributed by atoms with Crippen molar-refractivity contribution < 1.29 is 0 Å². The summed E-state index contributed by atoms with van der Waals surface area (Å²) >= 11 is 8.19. The Morgan fingerprint density at radius 3 is 1.57 bits per heavy atom. The van der Waals surface area contributed by atoms with Crippen LogP contribution in [0.2, 0.25) is 0 Å². The molecule has 0 bridgehead atoms. The minimum Gasteiger partial charge on any atom is -0.365 e. The van der Waals surface area contributed by atoms with Gasteiger partial charge < -0.3 is 4.90 Å². The minimum absolute atomic E-state index is 0.727. The van der Waals surface area contributed by atoms with Crippen LogP contribution in [0.15, 0.2) is 24.3 Å². The zero-order chi connectivity index (χ0) is 21.0. The maximum atomic E-state index is 4.10. The summed E-state index contributed by atoms with van der Waals surface area (Å²) in [6.45, 7) is 7.22. The van der Waals surface area contributed by atoms with E-state index in [-0.39, 0.29) is 0 Å². The number of alkyl halides is 2. The number of anilines is 1. The predicted molar refractivity (Wildman–Crippen MR) is 136 cm³/mol. The summed E-state index contributed by atoms with van der Waals surface area (Å²) in [5.41, 5.74) is 2.89. The van der Waals surface area contributed by atoms with Gasteiger partial charge in [-0.1, -0.05) is 63.4 Å². The summed E-state index contributed by atoms with van der Waals surface area (Å²) in [5.74, 6) is 5.24. The highest BCUT2D eigenvalue weighted by molar-refractivity contribution is 9.09. The lowest BCUT2D eigenvalue weighted by Crippen LogP contribution is -2.56. The highest BCUT2D eigenvalue weighted by Crippen LogP contribution is 2.54. The van der Waals surface area contributed by atoms with Crippen LogP contribution in [0.4, 0.5) is 5.69 Å². The lowest BCUT2D eigenvalue weighted by Gasteiger charge is -2.52. The Bertz CT molecular complexity index is 693. The Labute approximate surface area is 201 Å². The third kappa shape index (κ3) is 3.93. The van der Waals surface area contributed by atoms with Crippen LogP contribution in [0.1, 0.15) is 70.8 Å². The number of nitrogens with zero attached hydrogens (tertiary/aromatic N) is 1. The normalized spacial score (nSPS) is 45.8. The summed E-state index contributed by atoms with van der Waals surface area (Å²) in [7, 11) is 0. The molecule has 1 nitrogen and oxygen atoms in total. The fraction of sp³-hybridized carbons (Fsp3) is 0.778. The van der Waals surface area contributed by atoms with Gasteiger partial charge in [0, 0.05) is 27.4 Å². The summed E-state index contributed by atoms with van der Waals surface area (Å²) in [5, 5.41) is 0. The van der Waals surface area contributed by atoms with Crippen LogP contribution in [-0.2, 0) is 0 Å². The summed E-state index contributed by atoms with van der Waals surface area (Å²) < 4.78 is 0. The van der Waals surface area contributed by atoms with E-state index in [0.717, 1.165) is 57.2 Å². The van der Waals surface area contributed by atoms with Crippen molar-refractivity contribution in [3.05, 3.63) is 29.8 Å². The molecule has 10 atom stereocenters. The molecule has 4 aliphatic rings. The van der Waals surface area contributed by atoms with Gasteiger partial charge in [0.25, 0.3) is 0 Å². The van der Waals surface area contributed by atoms with E-state index < -0.39 is 0 Å². The Morgan fingerprint density at radius 2 is 1.10 bits per heavy atom. The molecule has 4 aliphatic carbocycles. The van der Waals surface area contributed by atoms with Gasteiger partial charge in [0.05, 0.1) is 0 Å². The topological polar surface area (TPSA) is 3.24 Å². The molecule has 1 aromatic rings. The summed E-state index contributed by atoms with van der Waals surface area (Å²) in [4.78, 5) is 4.48. The van der Waals surface area contributed by atoms with Gasteiger partial charge in [-0.25, -0.2) is 0 Å². The summed E-state index contributed by atoms with van der Waals surface area (Å²) in [6, 6.07) is 11.0. The van der Waals surface area contributed by atoms with E-state index in [9.17, 15) is 0 Å². The van der Waals surface area contributed by atoms with Crippen molar-refractivity contribution in [2.24, 2.45) is 35.5 Å². The van der Waals surface area contributed by atoms with Crippen molar-refractivity contribution in [3.8, 4) is 0 Å². The molecular weight excluding hydrogens is 498 g/mol. The molecule has 4 fully saturated rings. The molecule has 0 aromatic heterocycles. The second kappa shape index (κ2) is 8.73. The predicted octanol–water partition coefficient (Wildman–Crippen LogP) is 7.98. The third-order valence-corrected chi connectivity index (χ3v) is 11.5. The molecule has 0 N–H and O–H groups in total. The minimum atomic E-state index is 0.727. The van der Waals surface area contributed by atoms with Crippen molar-refractivity contribution >= 4 is 37.5 Å².